The van der Waals surface area contributed by atoms with E-state index in [0.29, 0.717) is 17.9 Å². The predicted molar refractivity (Wildman–Crippen MR) is 136 cm³/mol. The summed E-state index contributed by atoms with van der Waals surface area (Å²) < 4.78 is 0. The Morgan fingerprint density at radius 1 is 0.765 bits per heavy atom. The van der Waals surface area contributed by atoms with E-state index in [1.807, 2.05) is 0 Å². The lowest BCUT2D eigenvalue weighted by atomic mass is 9.88. The minimum atomic E-state index is 0.298. The molecular weight excluding hydrogens is 418 g/mol. The molecule has 2 aromatic rings. The van der Waals surface area contributed by atoms with Crippen molar-refractivity contribution in [2.75, 3.05) is 26.2 Å². The summed E-state index contributed by atoms with van der Waals surface area (Å²) in [6.07, 6.45) is 7.23. The van der Waals surface area contributed by atoms with Gasteiger partial charge >= 0.3 is 0 Å². The molecule has 6 rings (SSSR count). The van der Waals surface area contributed by atoms with Crippen molar-refractivity contribution in [3.63, 3.8) is 0 Å². The van der Waals surface area contributed by atoms with Crippen molar-refractivity contribution in [1.29, 1.82) is 0 Å². The molecule has 2 saturated heterocycles. The van der Waals surface area contributed by atoms with E-state index in [1.54, 1.807) is 0 Å². The molecule has 2 aliphatic heterocycles. The van der Waals surface area contributed by atoms with Gasteiger partial charge in [0.2, 0.25) is 5.91 Å². The third-order valence-corrected chi connectivity index (χ3v) is 8.88. The minimum absolute atomic E-state index is 0.298. The molecule has 2 aliphatic carbocycles. The zero-order valence-electron chi connectivity index (χ0n) is 20.4. The molecule has 0 N–H and O–H groups in total. The lowest BCUT2D eigenvalue weighted by Crippen LogP contribution is -2.56. The highest BCUT2D eigenvalue weighted by Crippen LogP contribution is 2.42. The summed E-state index contributed by atoms with van der Waals surface area (Å²) in [7, 11) is 0. The van der Waals surface area contributed by atoms with Crippen LogP contribution in [0.4, 0.5) is 0 Å². The third-order valence-electron chi connectivity index (χ3n) is 8.88. The van der Waals surface area contributed by atoms with Gasteiger partial charge < -0.3 is 4.90 Å². The number of carbonyl (C=O) groups excluding carboxylic acids is 1. The Balaban J connectivity index is 1.07. The Morgan fingerprint density at radius 2 is 1.35 bits per heavy atom. The smallest absolute Gasteiger partial charge is 0.226 e. The Bertz CT molecular complexity index is 938. The van der Waals surface area contributed by atoms with E-state index >= 15 is 0 Å². The topological polar surface area (TPSA) is 26.8 Å². The summed E-state index contributed by atoms with van der Waals surface area (Å²) in [6.45, 7) is 6.69. The first-order valence-electron chi connectivity index (χ1n) is 13.6. The largest absolute Gasteiger partial charge is 0.335 e. The number of nitrogens with zero attached hydrogens (tertiary/aromatic N) is 3. The van der Waals surface area contributed by atoms with Gasteiger partial charge in [-0.15, -0.1) is 0 Å². The lowest BCUT2D eigenvalue weighted by Gasteiger charge is -2.47. The Kier molecular flexibility index (Phi) is 6.45. The highest BCUT2D eigenvalue weighted by Gasteiger charge is 2.46. The van der Waals surface area contributed by atoms with Gasteiger partial charge in [-0.3, -0.25) is 14.6 Å². The maximum atomic E-state index is 13.2. The highest BCUT2D eigenvalue weighted by atomic mass is 16.2. The lowest BCUT2D eigenvalue weighted by molar-refractivity contribution is -0.137. The summed E-state index contributed by atoms with van der Waals surface area (Å²) in [5, 5.41) is 0. The van der Waals surface area contributed by atoms with Gasteiger partial charge in [0.1, 0.15) is 0 Å². The molecule has 1 amide bonds. The van der Waals surface area contributed by atoms with Gasteiger partial charge in [-0.1, -0.05) is 60.7 Å². The van der Waals surface area contributed by atoms with Crippen LogP contribution < -0.4 is 0 Å². The molecule has 0 spiro atoms. The molecule has 0 aromatic heterocycles. The van der Waals surface area contributed by atoms with E-state index in [1.165, 1.54) is 37.1 Å². The van der Waals surface area contributed by atoms with Gasteiger partial charge in [0.25, 0.3) is 0 Å². The molecule has 3 atom stereocenters. The number of benzene rings is 2. The Hall–Kier alpha value is -2.17. The maximum absolute atomic E-state index is 13.2. The average molecular weight is 458 g/mol. The number of piperidine rings is 2. The van der Waals surface area contributed by atoms with Crippen molar-refractivity contribution in [2.45, 2.75) is 63.7 Å². The zero-order chi connectivity index (χ0) is 22.9. The number of hydrogen-bond acceptors (Lipinski definition) is 3. The SMILES string of the molecule is O=C(C1CC1)N(Cc1ccccc1)C1CCN([C@H]2[C@@H]3CC[C@H]2CN(Cc2ccccc2)C3)CC1. The normalized spacial score (nSPS) is 28.2. The third kappa shape index (κ3) is 4.81. The van der Waals surface area contributed by atoms with Crippen LogP contribution in [0.5, 0.6) is 0 Å². The molecule has 4 nitrogen and oxygen atoms in total. The van der Waals surface area contributed by atoms with E-state index in [4.69, 9.17) is 0 Å². The van der Waals surface area contributed by atoms with Crippen LogP contribution in [0.15, 0.2) is 60.7 Å². The van der Waals surface area contributed by atoms with Gasteiger partial charge in [0, 0.05) is 57.3 Å². The monoisotopic (exact) mass is 457 g/mol. The van der Waals surface area contributed by atoms with Crippen LogP contribution in [-0.4, -0.2) is 58.9 Å². The molecular formula is C30H39N3O. The molecule has 34 heavy (non-hydrogen) atoms. The van der Waals surface area contributed by atoms with Crippen molar-refractivity contribution in [3.05, 3.63) is 71.8 Å². The first-order valence-corrected chi connectivity index (χ1v) is 13.6. The molecule has 0 unspecified atom stereocenters. The molecule has 2 heterocycles. The predicted octanol–water partition coefficient (Wildman–Crippen LogP) is 4.80. The van der Waals surface area contributed by atoms with E-state index in [0.717, 1.165) is 69.7 Å². The molecule has 2 saturated carbocycles. The molecule has 2 aromatic carbocycles. The minimum Gasteiger partial charge on any atom is -0.335 e. The number of amides is 1. The van der Waals surface area contributed by atoms with Crippen LogP contribution >= 0.6 is 0 Å². The van der Waals surface area contributed by atoms with E-state index in [9.17, 15) is 4.79 Å². The highest BCUT2D eigenvalue weighted by molar-refractivity contribution is 5.81. The van der Waals surface area contributed by atoms with Gasteiger partial charge in [-0.25, -0.2) is 0 Å². The first-order chi connectivity index (χ1) is 16.7. The fraction of sp³-hybridized carbons (Fsp3) is 0.567. The van der Waals surface area contributed by atoms with Crippen molar-refractivity contribution in [3.8, 4) is 0 Å². The van der Waals surface area contributed by atoms with E-state index in [2.05, 4.69) is 75.4 Å². The maximum Gasteiger partial charge on any atom is 0.226 e. The molecule has 4 aliphatic rings. The van der Waals surface area contributed by atoms with Crippen molar-refractivity contribution in [1.82, 2.24) is 14.7 Å². The van der Waals surface area contributed by atoms with Crippen molar-refractivity contribution in [2.24, 2.45) is 17.8 Å². The van der Waals surface area contributed by atoms with Crippen molar-refractivity contribution >= 4 is 5.91 Å². The molecule has 4 heteroatoms. The number of likely N-dealkylation sites (tertiary alicyclic amines) is 2. The summed E-state index contributed by atoms with van der Waals surface area (Å²) in [6, 6.07) is 22.7. The summed E-state index contributed by atoms with van der Waals surface area (Å²) in [5.74, 6) is 2.34. The summed E-state index contributed by atoms with van der Waals surface area (Å²) in [4.78, 5) is 21.0. The molecule has 4 fully saturated rings. The Morgan fingerprint density at radius 3 is 1.94 bits per heavy atom. The van der Waals surface area contributed by atoms with Gasteiger partial charge in [-0.2, -0.15) is 0 Å². The molecule has 0 radical (unpaired) electrons. The number of rotatable bonds is 7. The first kappa shape index (κ1) is 22.3. The fourth-order valence-corrected chi connectivity index (χ4v) is 7.09. The van der Waals surface area contributed by atoms with Crippen LogP contribution in [0.1, 0.15) is 49.7 Å². The van der Waals surface area contributed by atoms with Gasteiger partial charge in [-0.05, 0) is 61.5 Å². The van der Waals surface area contributed by atoms with Crippen molar-refractivity contribution < 1.29 is 4.79 Å². The number of carbonyl (C=O) groups is 1. The summed E-state index contributed by atoms with van der Waals surface area (Å²) >= 11 is 0. The van der Waals surface area contributed by atoms with Gasteiger partial charge in [0.15, 0.2) is 0 Å². The second-order valence-corrected chi connectivity index (χ2v) is 11.3. The van der Waals surface area contributed by atoms with Crippen LogP contribution in [0.3, 0.4) is 0 Å². The Labute approximate surface area is 204 Å². The van der Waals surface area contributed by atoms with Crippen LogP contribution in [0.25, 0.3) is 0 Å². The number of fused-ring (bicyclic) bond motifs is 2. The van der Waals surface area contributed by atoms with Gasteiger partial charge in [0.05, 0.1) is 0 Å². The fourth-order valence-electron chi connectivity index (χ4n) is 7.09. The van der Waals surface area contributed by atoms with Crippen LogP contribution in [0.2, 0.25) is 0 Å². The van der Waals surface area contributed by atoms with Crippen LogP contribution in [0, 0.1) is 17.8 Å². The molecule has 2 bridgehead atoms. The van der Waals surface area contributed by atoms with E-state index in [-0.39, 0.29) is 0 Å². The average Bonchev–Trinajstić information content (AvgIpc) is 3.69. The zero-order valence-corrected chi connectivity index (χ0v) is 20.4. The number of hydrogen-bond donors (Lipinski definition) is 0. The second-order valence-electron chi connectivity index (χ2n) is 11.3. The molecule has 180 valence electrons. The quantitative estimate of drug-likeness (QED) is 0.598. The van der Waals surface area contributed by atoms with Crippen LogP contribution in [-0.2, 0) is 17.9 Å². The van der Waals surface area contributed by atoms with E-state index < -0.39 is 0 Å². The summed E-state index contributed by atoms with van der Waals surface area (Å²) in [5.41, 5.74) is 2.71. The second kappa shape index (κ2) is 9.83. The standard InChI is InChI=1S/C30H39N3O/c34-30(25-11-12-25)33(20-24-9-5-2-6-10-24)28-15-17-32(18-16-28)29-26-13-14-27(29)22-31(21-26)19-23-7-3-1-4-8-23/h1-10,25-29H,11-22H2/t26-,27+,29+.